The lowest BCUT2D eigenvalue weighted by Gasteiger charge is -2.49. The maximum atomic E-state index is 13.0. The van der Waals surface area contributed by atoms with Crippen LogP contribution in [0.3, 0.4) is 0 Å². The molecule has 1 aromatic carbocycles. The standard InChI is InChI=1S/C23H27N5O2/c1-16-6-9-24-22(25-16)28-14-18(29)13-23(15-28)7-10-27(11-8-23)21(30)20-12-17-4-2-3-5-19(17)26-20/h2-6,9,12,18,26,29H,7-8,10-11,13-15H2,1H3. The summed E-state index contributed by atoms with van der Waals surface area (Å²) >= 11 is 0. The van der Waals surface area contributed by atoms with E-state index in [1.54, 1.807) is 6.20 Å². The number of rotatable bonds is 2. The highest BCUT2D eigenvalue weighted by Gasteiger charge is 2.43. The van der Waals surface area contributed by atoms with Gasteiger partial charge in [0.1, 0.15) is 5.69 Å². The average Bonchev–Trinajstić information content (AvgIpc) is 3.18. The Kier molecular flexibility index (Phi) is 4.70. The quantitative estimate of drug-likeness (QED) is 0.685. The van der Waals surface area contributed by atoms with E-state index in [9.17, 15) is 9.90 Å². The van der Waals surface area contributed by atoms with Gasteiger partial charge >= 0.3 is 0 Å². The number of aryl methyl sites for hydroxylation is 1. The van der Waals surface area contributed by atoms with Crippen LogP contribution in [0.25, 0.3) is 10.9 Å². The largest absolute Gasteiger partial charge is 0.391 e. The number of aromatic amines is 1. The predicted molar refractivity (Wildman–Crippen MR) is 115 cm³/mol. The third kappa shape index (κ3) is 3.54. The number of H-pyrrole nitrogens is 1. The number of aromatic nitrogens is 3. The van der Waals surface area contributed by atoms with Crippen molar-refractivity contribution in [3.05, 3.63) is 54.0 Å². The first-order valence-corrected chi connectivity index (χ1v) is 10.6. The number of hydrogen-bond acceptors (Lipinski definition) is 5. The van der Waals surface area contributed by atoms with Gasteiger partial charge in [-0.2, -0.15) is 0 Å². The summed E-state index contributed by atoms with van der Waals surface area (Å²) in [5, 5.41) is 11.6. The summed E-state index contributed by atoms with van der Waals surface area (Å²) in [4.78, 5) is 29.3. The van der Waals surface area contributed by atoms with E-state index in [1.807, 2.05) is 48.2 Å². The maximum Gasteiger partial charge on any atom is 0.270 e. The van der Waals surface area contributed by atoms with Gasteiger partial charge < -0.3 is 19.9 Å². The second-order valence-electron chi connectivity index (χ2n) is 8.80. The van der Waals surface area contributed by atoms with Crippen LogP contribution in [0.2, 0.25) is 0 Å². The number of carbonyl (C=O) groups is 1. The topological polar surface area (TPSA) is 85.4 Å². The lowest BCUT2D eigenvalue weighted by atomic mass is 9.71. The van der Waals surface area contributed by atoms with Crippen molar-refractivity contribution in [2.24, 2.45) is 5.41 Å². The van der Waals surface area contributed by atoms with Crippen LogP contribution >= 0.6 is 0 Å². The number of para-hydroxylation sites is 1. The minimum Gasteiger partial charge on any atom is -0.391 e. The summed E-state index contributed by atoms with van der Waals surface area (Å²) in [6, 6.07) is 11.8. The van der Waals surface area contributed by atoms with Gasteiger partial charge in [0, 0.05) is 49.0 Å². The molecule has 4 heterocycles. The van der Waals surface area contributed by atoms with E-state index in [0.717, 1.165) is 42.4 Å². The van der Waals surface area contributed by atoms with Gasteiger partial charge in [-0.3, -0.25) is 4.79 Å². The van der Waals surface area contributed by atoms with Crippen molar-refractivity contribution >= 4 is 22.8 Å². The lowest BCUT2D eigenvalue weighted by molar-refractivity contribution is 0.0242. The Morgan fingerprint density at radius 3 is 2.80 bits per heavy atom. The number of fused-ring (bicyclic) bond motifs is 1. The monoisotopic (exact) mass is 405 g/mol. The molecule has 2 aliphatic rings. The van der Waals surface area contributed by atoms with Gasteiger partial charge in [0.05, 0.1) is 6.10 Å². The Labute approximate surface area is 175 Å². The summed E-state index contributed by atoms with van der Waals surface area (Å²) in [5.41, 5.74) is 2.54. The summed E-state index contributed by atoms with van der Waals surface area (Å²) in [6.07, 6.45) is 3.88. The molecule has 1 spiro atoms. The normalized spacial score (nSPS) is 21.3. The fraction of sp³-hybridized carbons (Fsp3) is 0.435. The molecule has 2 N–H and O–H groups in total. The molecule has 0 radical (unpaired) electrons. The number of anilines is 1. The molecule has 2 fully saturated rings. The zero-order chi connectivity index (χ0) is 20.7. The van der Waals surface area contributed by atoms with E-state index in [4.69, 9.17) is 0 Å². The van der Waals surface area contributed by atoms with E-state index >= 15 is 0 Å². The molecule has 0 saturated carbocycles. The molecule has 1 amide bonds. The highest BCUT2D eigenvalue weighted by atomic mass is 16.3. The summed E-state index contributed by atoms with van der Waals surface area (Å²) < 4.78 is 0. The van der Waals surface area contributed by atoms with E-state index in [1.165, 1.54) is 0 Å². The highest BCUT2D eigenvalue weighted by molar-refractivity contribution is 5.98. The van der Waals surface area contributed by atoms with Crippen molar-refractivity contribution in [2.75, 3.05) is 31.1 Å². The third-order valence-corrected chi connectivity index (χ3v) is 6.56. The maximum absolute atomic E-state index is 13.0. The molecule has 2 aliphatic heterocycles. The fourth-order valence-electron chi connectivity index (χ4n) is 5.00. The van der Waals surface area contributed by atoms with Gasteiger partial charge in [0.15, 0.2) is 0 Å². The molecule has 156 valence electrons. The number of β-amino-alcohol motifs (C(OH)–C–C–N with tert-alkyl or cyclic N) is 1. The molecule has 3 aromatic rings. The van der Waals surface area contributed by atoms with E-state index in [2.05, 4.69) is 19.9 Å². The van der Waals surface area contributed by atoms with Gasteiger partial charge in [-0.15, -0.1) is 0 Å². The number of nitrogens with one attached hydrogen (secondary N) is 1. The van der Waals surface area contributed by atoms with Gasteiger partial charge in [-0.05, 0) is 49.8 Å². The van der Waals surface area contributed by atoms with Crippen LogP contribution in [-0.2, 0) is 0 Å². The van der Waals surface area contributed by atoms with Crippen molar-refractivity contribution in [3.63, 3.8) is 0 Å². The van der Waals surface area contributed by atoms with E-state index in [-0.39, 0.29) is 11.3 Å². The number of piperidine rings is 2. The number of amides is 1. The fourth-order valence-corrected chi connectivity index (χ4v) is 5.00. The molecule has 30 heavy (non-hydrogen) atoms. The number of nitrogens with zero attached hydrogens (tertiary/aromatic N) is 4. The third-order valence-electron chi connectivity index (χ3n) is 6.56. The molecule has 5 rings (SSSR count). The highest BCUT2D eigenvalue weighted by Crippen LogP contribution is 2.41. The first-order valence-electron chi connectivity index (χ1n) is 10.6. The van der Waals surface area contributed by atoms with E-state index < -0.39 is 6.10 Å². The van der Waals surface area contributed by atoms with Crippen molar-refractivity contribution in [1.29, 1.82) is 0 Å². The Bertz CT molecular complexity index is 1040. The molecule has 1 atom stereocenters. The van der Waals surface area contributed by atoms with Crippen molar-refractivity contribution < 1.29 is 9.90 Å². The molecule has 7 nitrogen and oxygen atoms in total. The van der Waals surface area contributed by atoms with Crippen molar-refractivity contribution in [1.82, 2.24) is 19.9 Å². The zero-order valence-corrected chi connectivity index (χ0v) is 17.2. The van der Waals surface area contributed by atoms with Crippen LogP contribution in [0, 0.1) is 12.3 Å². The number of hydrogen-bond donors (Lipinski definition) is 2. The number of aliphatic hydroxyl groups excluding tert-OH is 1. The van der Waals surface area contributed by atoms with Crippen LogP contribution in [0.1, 0.15) is 35.4 Å². The molecule has 0 aliphatic carbocycles. The van der Waals surface area contributed by atoms with Crippen molar-refractivity contribution in [2.45, 2.75) is 32.3 Å². The average molecular weight is 406 g/mol. The number of aliphatic hydroxyl groups is 1. The number of carbonyl (C=O) groups excluding carboxylic acids is 1. The van der Waals surface area contributed by atoms with Crippen LogP contribution in [0.4, 0.5) is 5.95 Å². The minimum atomic E-state index is -0.404. The second kappa shape index (κ2) is 7.40. The molecule has 1 unspecified atom stereocenters. The number of benzene rings is 1. The van der Waals surface area contributed by atoms with Crippen LogP contribution in [0.15, 0.2) is 42.6 Å². The second-order valence-corrected chi connectivity index (χ2v) is 8.80. The molecule has 7 heteroatoms. The van der Waals surface area contributed by atoms with Gasteiger partial charge in [-0.1, -0.05) is 18.2 Å². The lowest BCUT2D eigenvalue weighted by Crippen LogP contribution is -2.55. The Morgan fingerprint density at radius 2 is 2.03 bits per heavy atom. The first-order chi connectivity index (χ1) is 14.5. The van der Waals surface area contributed by atoms with Gasteiger partial charge in [-0.25, -0.2) is 9.97 Å². The minimum absolute atomic E-state index is 0.0119. The summed E-state index contributed by atoms with van der Waals surface area (Å²) in [6.45, 7) is 4.73. The van der Waals surface area contributed by atoms with Crippen LogP contribution in [0.5, 0.6) is 0 Å². The molecular weight excluding hydrogens is 378 g/mol. The molecule has 2 saturated heterocycles. The predicted octanol–water partition coefficient (Wildman–Crippen LogP) is 2.76. The zero-order valence-electron chi connectivity index (χ0n) is 17.2. The first kappa shape index (κ1) is 19.1. The molecular formula is C23H27N5O2. The Balaban J connectivity index is 1.29. The Morgan fingerprint density at radius 1 is 1.23 bits per heavy atom. The summed E-state index contributed by atoms with van der Waals surface area (Å²) in [7, 11) is 0. The molecule has 0 bridgehead atoms. The van der Waals surface area contributed by atoms with Crippen LogP contribution < -0.4 is 4.90 Å². The van der Waals surface area contributed by atoms with Gasteiger partial charge in [0.25, 0.3) is 5.91 Å². The summed E-state index contributed by atoms with van der Waals surface area (Å²) in [5.74, 6) is 0.737. The molecule has 2 aromatic heterocycles. The van der Waals surface area contributed by atoms with Crippen LogP contribution in [-0.4, -0.2) is 63.1 Å². The smallest absolute Gasteiger partial charge is 0.270 e. The number of likely N-dealkylation sites (tertiary alicyclic amines) is 1. The van der Waals surface area contributed by atoms with Gasteiger partial charge in [0.2, 0.25) is 5.95 Å². The van der Waals surface area contributed by atoms with E-state index in [0.29, 0.717) is 31.3 Å². The SMILES string of the molecule is Cc1ccnc(N2CC(O)CC3(CCN(C(=O)c4cc5ccccc5[nH]4)CC3)C2)n1. The Hall–Kier alpha value is -2.93. The van der Waals surface area contributed by atoms with Crippen molar-refractivity contribution in [3.8, 4) is 0 Å².